The molecule has 1 aromatic heterocycles. The van der Waals surface area contributed by atoms with E-state index in [9.17, 15) is 22.4 Å². The van der Waals surface area contributed by atoms with E-state index in [0.29, 0.717) is 44.5 Å². The van der Waals surface area contributed by atoms with Crippen LogP contribution in [0, 0.1) is 5.82 Å². The van der Waals surface area contributed by atoms with E-state index in [1.54, 1.807) is 24.3 Å². The molecule has 0 bridgehead atoms. The molecule has 6 rings (SSSR count). The first-order valence-corrected chi connectivity index (χ1v) is 16.7. The van der Waals surface area contributed by atoms with Crippen molar-refractivity contribution < 1.29 is 26.8 Å². The standard InChI is InChI=1S/C36H34FN3O5S/c1-36(2,3)39-34(41)24-13-9-12-23(18-24)26-19-27-30(35(42)38-4)32(22-14-16-25(37)17-15-22)45-33(27)28-20-29(21-10-7-6-8-11-21)40(31(26)28)46(5,43)44/h6-19,29H,20H2,1-5H3,(H,38,42)(H,39,41). The van der Waals surface area contributed by atoms with E-state index in [-0.39, 0.29) is 23.7 Å². The van der Waals surface area contributed by atoms with Gasteiger partial charge in [0.15, 0.2) is 0 Å². The number of hydrogen-bond donors (Lipinski definition) is 2. The highest BCUT2D eigenvalue weighted by atomic mass is 32.2. The molecule has 1 unspecified atom stereocenters. The normalized spacial score (nSPS) is 14.7. The summed E-state index contributed by atoms with van der Waals surface area (Å²) < 4.78 is 49.1. The number of amides is 2. The number of carbonyl (C=O) groups is 2. The van der Waals surface area contributed by atoms with Gasteiger partial charge < -0.3 is 15.1 Å². The fourth-order valence-electron chi connectivity index (χ4n) is 6.10. The molecule has 1 aliphatic heterocycles. The third-order valence-corrected chi connectivity index (χ3v) is 9.13. The second-order valence-electron chi connectivity index (χ2n) is 12.5. The maximum absolute atomic E-state index is 13.9. The molecule has 2 N–H and O–H groups in total. The van der Waals surface area contributed by atoms with Crippen molar-refractivity contribution in [3.63, 3.8) is 0 Å². The summed E-state index contributed by atoms with van der Waals surface area (Å²) in [7, 11) is -2.34. The minimum atomic E-state index is -3.85. The van der Waals surface area contributed by atoms with Gasteiger partial charge in [-0.05, 0) is 74.4 Å². The summed E-state index contributed by atoms with van der Waals surface area (Å²) in [6.45, 7) is 5.67. The van der Waals surface area contributed by atoms with Crippen molar-refractivity contribution in [3.05, 3.63) is 113 Å². The number of hydrogen-bond acceptors (Lipinski definition) is 5. The van der Waals surface area contributed by atoms with Gasteiger partial charge in [-0.15, -0.1) is 0 Å². The highest BCUT2D eigenvalue weighted by molar-refractivity contribution is 7.92. The lowest BCUT2D eigenvalue weighted by Crippen LogP contribution is -2.40. The number of halogens is 1. The molecule has 236 valence electrons. The van der Waals surface area contributed by atoms with Gasteiger partial charge in [0.2, 0.25) is 10.0 Å². The molecule has 0 saturated heterocycles. The van der Waals surface area contributed by atoms with Crippen molar-refractivity contribution >= 4 is 38.5 Å². The number of nitrogens with zero attached hydrogens (tertiary/aromatic N) is 1. The first-order valence-electron chi connectivity index (χ1n) is 14.8. The molecule has 1 atom stereocenters. The van der Waals surface area contributed by atoms with Gasteiger partial charge in [0.1, 0.15) is 17.2 Å². The van der Waals surface area contributed by atoms with E-state index in [1.165, 1.54) is 41.9 Å². The minimum Gasteiger partial charge on any atom is -0.455 e. The van der Waals surface area contributed by atoms with Gasteiger partial charge in [0.05, 0.1) is 23.5 Å². The third kappa shape index (κ3) is 5.64. The molecule has 1 aliphatic rings. The third-order valence-electron chi connectivity index (χ3n) is 7.98. The quantitative estimate of drug-likeness (QED) is 0.211. The van der Waals surface area contributed by atoms with Crippen LogP contribution in [-0.2, 0) is 16.4 Å². The molecule has 8 nitrogen and oxygen atoms in total. The number of furan rings is 1. The second-order valence-corrected chi connectivity index (χ2v) is 14.4. The monoisotopic (exact) mass is 639 g/mol. The summed E-state index contributed by atoms with van der Waals surface area (Å²) >= 11 is 0. The zero-order valence-electron chi connectivity index (χ0n) is 26.1. The van der Waals surface area contributed by atoms with Gasteiger partial charge in [-0.3, -0.25) is 13.9 Å². The Morgan fingerprint density at radius 2 is 1.61 bits per heavy atom. The molecule has 46 heavy (non-hydrogen) atoms. The van der Waals surface area contributed by atoms with Crippen LogP contribution in [0.3, 0.4) is 0 Å². The molecule has 2 amide bonds. The summed E-state index contributed by atoms with van der Waals surface area (Å²) in [4.78, 5) is 26.7. The summed E-state index contributed by atoms with van der Waals surface area (Å²) in [5, 5.41) is 6.14. The Labute approximate surface area is 267 Å². The molecule has 5 aromatic rings. The Balaban J connectivity index is 1.69. The Morgan fingerprint density at radius 1 is 0.913 bits per heavy atom. The smallest absolute Gasteiger partial charge is 0.255 e. The van der Waals surface area contributed by atoms with Crippen LogP contribution in [0.25, 0.3) is 33.4 Å². The van der Waals surface area contributed by atoms with E-state index < -0.39 is 33.3 Å². The minimum absolute atomic E-state index is 0.237. The zero-order chi connectivity index (χ0) is 33.0. The van der Waals surface area contributed by atoms with Crippen LogP contribution in [0.4, 0.5) is 10.1 Å². The largest absolute Gasteiger partial charge is 0.455 e. The van der Waals surface area contributed by atoms with E-state index in [2.05, 4.69) is 10.6 Å². The highest BCUT2D eigenvalue weighted by Crippen LogP contribution is 2.52. The number of carbonyl (C=O) groups excluding carboxylic acids is 2. The second kappa shape index (κ2) is 11.4. The average molecular weight is 640 g/mol. The fraction of sp³-hybridized carbons (Fsp3) is 0.222. The van der Waals surface area contributed by atoms with E-state index in [1.807, 2.05) is 57.2 Å². The van der Waals surface area contributed by atoms with Gasteiger partial charge >= 0.3 is 0 Å². The predicted octanol–water partition coefficient (Wildman–Crippen LogP) is 6.86. The predicted molar refractivity (Wildman–Crippen MR) is 178 cm³/mol. The van der Waals surface area contributed by atoms with Crippen LogP contribution in [0.2, 0.25) is 0 Å². The summed E-state index contributed by atoms with van der Waals surface area (Å²) in [5.41, 5.74) is 3.95. The van der Waals surface area contributed by atoms with Crippen molar-refractivity contribution in [1.82, 2.24) is 10.6 Å². The maximum Gasteiger partial charge on any atom is 0.255 e. The van der Waals surface area contributed by atoms with Gasteiger partial charge in [-0.2, -0.15) is 0 Å². The molecule has 0 saturated carbocycles. The summed E-state index contributed by atoms with van der Waals surface area (Å²) in [6.07, 6.45) is 1.44. The molecule has 0 aliphatic carbocycles. The lowest BCUT2D eigenvalue weighted by Gasteiger charge is -2.27. The van der Waals surface area contributed by atoms with Crippen molar-refractivity contribution in [1.29, 1.82) is 0 Å². The Morgan fingerprint density at radius 3 is 2.24 bits per heavy atom. The maximum atomic E-state index is 13.9. The van der Waals surface area contributed by atoms with Crippen LogP contribution in [0.1, 0.15) is 58.7 Å². The van der Waals surface area contributed by atoms with Gasteiger partial charge in [0.25, 0.3) is 11.8 Å². The first kappa shape index (κ1) is 31.0. The molecule has 2 heterocycles. The van der Waals surface area contributed by atoms with Crippen molar-refractivity contribution in [2.75, 3.05) is 17.6 Å². The lowest BCUT2D eigenvalue weighted by molar-refractivity contribution is 0.0918. The van der Waals surface area contributed by atoms with E-state index in [4.69, 9.17) is 4.42 Å². The number of benzene rings is 4. The number of nitrogens with one attached hydrogen (secondary N) is 2. The van der Waals surface area contributed by atoms with Gasteiger partial charge in [-0.1, -0.05) is 42.5 Å². The molecule has 4 aromatic carbocycles. The van der Waals surface area contributed by atoms with Crippen molar-refractivity contribution in [2.24, 2.45) is 0 Å². The van der Waals surface area contributed by atoms with Crippen LogP contribution < -0.4 is 14.9 Å². The fourth-order valence-corrected chi connectivity index (χ4v) is 7.30. The van der Waals surface area contributed by atoms with Crippen molar-refractivity contribution in [3.8, 4) is 22.5 Å². The SMILES string of the molecule is CNC(=O)c1c(-c2ccc(F)cc2)oc2c3c(c(-c4cccc(C(=O)NC(C)(C)C)c4)cc12)N(S(C)(=O)=O)C(c1ccccc1)C3. The molecule has 0 radical (unpaired) electrons. The molecule has 0 fully saturated rings. The number of fused-ring (bicyclic) bond motifs is 3. The van der Waals surface area contributed by atoms with Gasteiger partial charge in [0, 0.05) is 46.6 Å². The highest BCUT2D eigenvalue weighted by Gasteiger charge is 2.41. The number of rotatable bonds is 6. The van der Waals surface area contributed by atoms with Crippen LogP contribution in [-0.4, -0.2) is 39.1 Å². The summed E-state index contributed by atoms with van der Waals surface area (Å²) in [5.74, 6) is -0.891. The zero-order valence-corrected chi connectivity index (χ0v) is 27.0. The Hall–Kier alpha value is -4.96. The lowest BCUT2D eigenvalue weighted by atomic mass is 9.94. The van der Waals surface area contributed by atoms with Crippen LogP contribution in [0.15, 0.2) is 89.3 Å². The Kier molecular flexibility index (Phi) is 7.72. The summed E-state index contributed by atoms with van der Waals surface area (Å²) in [6, 6.07) is 23.1. The van der Waals surface area contributed by atoms with Crippen LogP contribution >= 0.6 is 0 Å². The molecular formula is C36H34FN3O5S. The Bertz CT molecular complexity index is 2100. The van der Waals surface area contributed by atoms with Crippen LogP contribution in [0.5, 0.6) is 0 Å². The average Bonchev–Trinajstić information content (AvgIpc) is 3.60. The molecule has 0 spiro atoms. The first-order chi connectivity index (χ1) is 21.8. The van der Waals surface area contributed by atoms with E-state index >= 15 is 0 Å². The topological polar surface area (TPSA) is 109 Å². The van der Waals surface area contributed by atoms with Gasteiger partial charge in [-0.25, -0.2) is 12.8 Å². The van der Waals surface area contributed by atoms with Crippen molar-refractivity contribution in [2.45, 2.75) is 38.8 Å². The number of sulfonamides is 1. The number of anilines is 1. The van der Waals surface area contributed by atoms with E-state index in [0.717, 1.165) is 5.56 Å². The molecular weight excluding hydrogens is 605 g/mol. The molecule has 10 heteroatoms.